The van der Waals surface area contributed by atoms with Crippen LogP contribution in [0.25, 0.3) is 28.8 Å². The van der Waals surface area contributed by atoms with Gasteiger partial charge in [-0.25, -0.2) is 9.78 Å². The topological polar surface area (TPSA) is 92.0 Å². The summed E-state index contributed by atoms with van der Waals surface area (Å²) < 4.78 is 6.75. The Morgan fingerprint density at radius 3 is 2.47 bits per heavy atom. The van der Waals surface area contributed by atoms with E-state index in [2.05, 4.69) is 31.1 Å². The standard InChI is InChI=1S/C21H13BrClN3O3S/c22-14-5-1-12(2-6-14)17-10-9-16(29-17)11-18(20(27)28)30-21-24-19(25-26-21)13-3-7-15(23)8-4-13/h1-11H,(H,27,28)(H,24,25,26)/b18-11-. The van der Waals surface area contributed by atoms with Crippen molar-refractivity contribution >= 4 is 51.3 Å². The zero-order valence-corrected chi connectivity index (χ0v) is 18.3. The molecule has 2 aromatic heterocycles. The molecule has 4 aromatic rings. The van der Waals surface area contributed by atoms with Crippen LogP contribution in [0.4, 0.5) is 0 Å². The third-order valence-electron chi connectivity index (χ3n) is 4.02. The Bertz CT molecular complexity index is 1220. The second-order valence-electron chi connectivity index (χ2n) is 6.10. The lowest BCUT2D eigenvalue weighted by molar-refractivity contribution is -0.131. The molecule has 0 aliphatic rings. The van der Waals surface area contributed by atoms with Crippen molar-refractivity contribution in [2.75, 3.05) is 0 Å². The van der Waals surface area contributed by atoms with Crippen molar-refractivity contribution < 1.29 is 14.3 Å². The minimum atomic E-state index is -1.10. The molecule has 0 spiro atoms. The maximum Gasteiger partial charge on any atom is 0.342 e. The summed E-state index contributed by atoms with van der Waals surface area (Å²) in [5.41, 5.74) is 1.69. The smallest absolute Gasteiger partial charge is 0.342 e. The summed E-state index contributed by atoms with van der Waals surface area (Å²) in [5, 5.41) is 17.4. The molecule has 2 heterocycles. The Balaban J connectivity index is 1.55. The van der Waals surface area contributed by atoms with E-state index in [0.29, 0.717) is 22.4 Å². The molecule has 2 N–H and O–H groups in total. The van der Waals surface area contributed by atoms with Crippen LogP contribution in [-0.4, -0.2) is 26.3 Å². The van der Waals surface area contributed by atoms with Gasteiger partial charge >= 0.3 is 5.97 Å². The average Bonchev–Trinajstić information content (AvgIpc) is 3.38. The molecule has 0 amide bonds. The van der Waals surface area contributed by atoms with Gasteiger partial charge < -0.3 is 9.52 Å². The van der Waals surface area contributed by atoms with Crippen molar-refractivity contribution in [2.45, 2.75) is 5.16 Å². The first-order chi connectivity index (χ1) is 14.5. The highest BCUT2D eigenvalue weighted by molar-refractivity contribution is 9.10. The molecule has 2 aromatic carbocycles. The van der Waals surface area contributed by atoms with Crippen LogP contribution in [0.5, 0.6) is 0 Å². The summed E-state index contributed by atoms with van der Waals surface area (Å²) >= 11 is 10.2. The van der Waals surface area contributed by atoms with E-state index in [1.807, 2.05) is 24.3 Å². The number of carboxylic acids is 1. The molecule has 6 nitrogen and oxygen atoms in total. The molecule has 0 radical (unpaired) electrons. The summed E-state index contributed by atoms with van der Waals surface area (Å²) in [6.07, 6.45) is 1.45. The number of hydrogen-bond acceptors (Lipinski definition) is 5. The quantitative estimate of drug-likeness (QED) is 0.235. The van der Waals surface area contributed by atoms with Gasteiger partial charge in [0.25, 0.3) is 0 Å². The molecule has 0 aliphatic carbocycles. The first-order valence-corrected chi connectivity index (χ1v) is 10.6. The molecule has 150 valence electrons. The predicted molar refractivity (Wildman–Crippen MR) is 120 cm³/mol. The van der Waals surface area contributed by atoms with E-state index in [1.165, 1.54) is 6.08 Å². The number of benzene rings is 2. The summed E-state index contributed by atoms with van der Waals surface area (Å²) in [5.74, 6) is 0.492. The van der Waals surface area contributed by atoms with Gasteiger partial charge in [0.05, 0.1) is 0 Å². The van der Waals surface area contributed by atoms with E-state index >= 15 is 0 Å². The first-order valence-electron chi connectivity index (χ1n) is 8.65. The number of hydrogen-bond donors (Lipinski definition) is 2. The van der Waals surface area contributed by atoms with Crippen molar-refractivity contribution in [1.82, 2.24) is 15.2 Å². The number of nitrogens with one attached hydrogen (secondary N) is 1. The molecule has 9 heteroatoms. The number of aromatic amines is 1. The van der Waals surface area contributed by atoms with Gasteiger partial charge in [0.2, 0.25) is 5.16 Å². The van der Waals surface area contributed by atoms with E-state index < -0.39 is 5.97 Å². The number of rotatable bonds is 6. The lowest BCUT2D eigenvalue weighted by atomic mass is 10.2. The van der Waals surface area contributed by atoms with E-state index in [4.69, 9.17) is 16.0 Å². The van der Waals surface area contributed by atoms with Crippen molar-refractivity contribution in [3.05, 3.63) is 80.8 Å². The highest BCUT2D eigenvalue weighted by atomic mass is 79.9. The Labute approximate surface area is 189 Å². The van der Waals surface area contributed by atoms with Gasteiger partial charge in [-0.1, -0.05) is 39.7 Å². The van der Waals surface area contributed by atoms with Crippen LogP contribution in [0.2, 0.25) is 5.02 Å². The van der Waals surface area contributed by atoms with E-state index in [0.717, 1.165) is 27.4 Å². The molecule has 0 bridgehead atoms. The third kappa shape index (κ3) is 4.84. The maximum atomic E-state index is 11.7. The number of thioether (sulfide) groups is 1. The lowest BCUT2D eigenvalue weighted by Gasteiger charge is -1.99. The predicted octanol–water partition coefficient (Wildman–Crippen LogP) is 6.37. The fourth-order valence-electron chi connectivity index (χ4n) is 2.59. The third-order valence-corrected chi connectivity index (χ3v) is 5.68. The molecule has 0 fully saturated rings. The van der Waals surface area contributed by atoms with Gasteiger partial charge in [0.15, 0.2) is 5.82 Å². The van der Waals surface area contributed by atoms with Gasteiger partial charge in [-0.2, -0.15) is 0 Å². The largest absolute Gasteiger partial charge is 0.477 e. The molecule has 0 atom stereocenters. The van der Waals surface area contributed by atoms with Gasteiger partial charge in [-0.05, 0) is 60.3 Å². The van der Waals surface area contributed by atoms with Gasteiger partial charge in [0, 0.05) is 26.7 Å². The second-order valence-corrected chi connectivity index (χ2v) is 8.46. The van der Waals surface area contributed by atoms with E-state index in [1.54, 1.807) is 36.4 Å². The molecule has 0 saturated carbocycles. The maximum absolute atomic E-state index is 11.7. The Morgan fingerprint density at radius 1 is 1.07 bits per heavy atom. The van der Waals surface area contributed by atoms with Gasteiger partial charge in [0.1, 0.15) is 16.4 Å². The zero-order valence-electron chi connectivity index (χ0n) is 15.2. The first kappa shape index (κ1) is 20.5. The molecular weight excluding hydrogens is 490 g/mol. The van der Waals surface area contributed by atoms with Crippen LogP contribution in [0.15, 0.2) is 79.6 Å². The van der Waals surface area contributed by atoms with Crippen molar-refractivity contribution in [3.63, 3.8) is 0 Å². The molecule has 30 heavy (non-hydrogen) atoms. The van der Waals surface area contributed by atoms with Crippen LogP contribution in [0, 0.1) is 0 Å². The number of nitrogens with zero attached hydrogens (tertiary/aromatic N) is 2. The second kappa shape index (κ2) is 8.91. The summed E-state index contributed by atoms with van der Waals surface area (Å²) in [6, 6.07) is 18.3. The molecule has 0 saturated heterocycles. The SMILES string of the molecule is O=C(O)/C(=C/c1ccc(-c2ccc(Br)cc2)o1)Sc1n[nH]c(-c2ccc(Cl)cc2)n1. The lowest BCUT2D eigenvalue weighted by Crippen LogP contribution is -1.97. The molecular formula is C21H13BrClN3O3S. The van der Waals surface area contributed by atoms with Crippen LogP contribution < -0.4 is 0 Å². The zero-order chi connectivity index (χ0) is 21.1. The molecule has 4 rings (SSSR count). The Kier molecular flexibility index (Phi) is 6.08. The normalized spacial score (nSPS) is 11.6. The van der Waals surface area contributed by atoms with E-state index in [-0.39, 0.29) is 10.1 Å². The summed E-state index contributed by atoms with van der Waals surface area (Å²) in [7, 11) is 0. The van der Waals surface area contributed by atoms with Crippen LogP contribution in [0.1, 0.15) is 5.76 Å². The Hall–Kier alpha value is -2.81. The number of furan rings is 1. The van der Waals surface area contributed by atoms with Crippen molar-refractivity contribution in [1.29, 1.82) is 0 Å². The van der Waals surface area contributed by atoms with Gasteiger partial charge in [-0.3, -0.25) is 5.10 Å². The molecule has 0 unspecified atom stereocenters. The minimum Gasteiger partial charge on any atom is -0.477 e. The average molecular weight is 503 g/mol. The van der Waals surface area contributed by atoms with Crippen molar-refractivity contribution in [2.24, 2.45) is 0 Å². The van der Waals surface area contributed by atoms with Crippen molar-refractivity contribution in [3.8, 4) is 22.7 Å². The van der Waals surface area contributed by atoms with E-state index in [9.17, 15) is 9.90 Å². The number of carboxylic acid groups (broad SMARTS) is 1. The highest BCUT2D eigenvalue weighted by Crippen LogP contribution is 2.30. The number of halogens is 2. The number of H-pyrrole nitrogens is 1. The van der Waals surface area contributed by atoms with Crippen LogP contribution in [-0.2, 0) is 4.79 Å². The highest BCUT2D eigenvalue weighted by Gasteiger charge is 2.15. The minimum absolute atomic E-state index is 0.0355. The summed E-state index contributed by atoms with van der Waals surface area (Å²) in [6.45, 7) is 0. The van der Waals surface area contributed by atoms with Crippen LogP contribution >= 0.6 is 39.3 Å². The fraction of sp³-hybridized carbons (Fsp3) is 0. The Morgan fingerprint density at radius 2 is 1.77 bits per heavy atom. The van der Waals surface area contributed by atoms with Crippen LogP contribution in [0.3, 0.4) is 0 Å². The fourth-order valence-corrected chi connectivity index (χ4v) is 3.67. The summed E-state index contributed by atoms with van der Waals surface area (Å²) in [4.78, 5) is 16.1. The number of carbonyl (C=O) groups is 1. The molecule has 0 aliphatic heterocycles. The van der Waals surface area contributed by atoms with Gasteiger partial charge in [-0.15, -0.1) is 5.10 Å². The monoisotopic (exact) mass is 501 g/mol. The number of aliphatic carboxylic acids is 1. The number of aromatic nitrogens is 3.